The zero-order chi connectivity index (χ0) is 25.2. The monoisotopic (exact) mass is 475 g/mol. The molecule has 0 saturated carbocycles. The highest BCUT2D eigenvalue weighted by Crippen LogP contribution is 2.10. The third kappa shape index (κ3) is 13.2. The van der Waals surface area contributed by atoms with Gasteiger partial charge in [0, 0.05) is 19.5 Å². The van der Waals surface area contributed by atoms with Crippen LogP contribution in [0, 0.1) is 11.8 Å². The van der Waals surface area contributed by atoms with Crippen LogP contribution < -0.4 is 16.0 Å². The third-order valence-corrected chi connectivity index (χ3v) is 6.19. The van der Waals surface area contributed by atoms with Gasteiger partial charge in [-0.25, -0.2) is 4.79 Å². The topological polar surface area (TPSA) is 96.5 Å². The van der Waals surface area contributed by atoms with Crippen LogP contribution in [-0.4, -0.2) is 37.0 Å². The molecule has 0 aliphatic rings. The average Bonchev–Trinajstić information content (AvgIpc) is 2.84. The van der Waals surface area contributed by atoms with Gasteiger partial charge in [-0.05, 0) is 30.2 Å². The lowest BCUT2D eigenvalue weighted by Gasteiger charge is -2.23. The van der Waals surface area contributed by atoms with Gasteiger partial charge in [-0.1, -0.05) is 90.1 Å². The molecule has 192 valence electrons. The lowest BCUT2D eigenvalue weighted by Crippen LogP contribution is -2.50. The zero-order valence-corrected chi connectivity index (χ0v) is 21.5. The van der Waals surface area contributed by atoms with E-state index in [4.69, 9.17) is 4.74 Å². The Morgan fingerprint density at radius 2 is 1.47 bits per heavy atom. The molecular formula is C27H45N3O4. The number of carbonyl (C=O) groups excluding carboxylic acids is 3. The maximum absolute atomic E-state index is 12.7. The van der Waals surface area contributed by atoms with Crippen LogP contribution >= 0.6 is 0 Å². The van der Waals surface area contributed by atoms with Gasteiger partial charge in [0.25, 0.3) is 0 Å². The minimum Gasteiger partial charge on any atom is -0.445 e. The SMILES string of the molecule is CCC(C)CC(=O)NCCCCCCCNC(=O)C(NC(=O)OCc1ccccc1)C(C)CC. The molecule has 7 heteroatoms. The Morgan fingerprint density at radius 3 is 2.09 bits per heavy atom. The molecule has 3 N–H and O–H groups in total. The highest BCUT2D eigenvalue weighted by atomic mass is 16.5. The molecule has 1 aromatic rings. The average molecular weight is 476 g/mol. The van der Waals surface area contributed by atoms with Crippen molar-refractivity contribution in [2.24, 2.45) is 11.8 Å². The molecule has 0 spiro atoms. The van der Waals surface area contributed by atoms with Gasteiger partial charge in [0.15, 0.2) is 0 Å². The second-order valence-corrected chi connectivity index (χ2v) is 9.20. The van der Waals surface area contributed by atoms with E-state index in [-0.39, 0.29) is 24.3 Å². The minimum atomic E-state index is -0.618. The number of rotatable bonds is 17. The Labute approximate surface area is 205 Å². The van der Waals surface area contributed by atoms with Crippen LogP contribution in [0.5, 0.6) is 0 Å². The van der Waals surface area contributed by atoms with Gasteiger partial charge in [0.1, 0.15) is 12.6 Å². The van der Waals surface area contributed by atoms with Crippen LogP contribution in [-0.2, 0) is 20.9 Å². The van der Waals surface area contributed by atoms with Crippen molar-refractivity contribution < 1.29 is 19.1 Å². The van der Waals surface area contributed by atoms with E-state index in [1.807, 2.05) is 44.2 Å². The molecule has 0 aliphatic carbocycles. The van der Waals surface area contributed by atoms with Gasteiger partial charge in [-0.15, -0.1) is 0 Å². The number of hydrogen-bond donors (Lipinski definition) is 3. The van der Waals surface area contributed by atoms with E-state index >= 15 is 0 Å². The van der Waals surface area contributed by atoms with Crippen molar-refractivity contribution in [3.05, 3.63) is 35.9 Å². The molecule has 1 rings (SSSR count). The Bertz CT molecular complexity index is 711. The van der Waals surface area contributed by atoms with Crippen LogP contribution in [0.4, 0.5) is 4.79 Å². The lowest BCUT2D eigenvalue weighted by molar-refractivity contribution is -0.124. The number of amides is 3. The first-order chi connectivity index (χ1) is 16.4. The normalized spacial score (nSPS) is 13.4. The maximum Gasteiger partial charge on any atom is 0.408 e. The van der Waals surface area contributed by atoms with Crippen LogP contribution in [0.1, 0.15) is 84.6 Å². The zero-order valence-electron chi connectivity index (χ0n) is 21.5. The first-order valence-electron chi connectivity index (χ1n) is 12.9. The summed E-state index contributed by atoms with van der Waals surface area (Å²) in [5.74, 6) is 0.408. The standard InChI is InChI=1S/C27H45N3O4/c1-5-21(3)19-24(31)28-17-13-8-7-9-14-18-29-26(32)25(22(4)6-2)30-27(33)34-20-23-15-11-10-12-16-23/h10-12,15-16,21-22,25H,5-9,13-14,17-20H2,1-4H3,(H,28,31)(H,29,32)(H,30,33). The first kappa shape index (κ1) is 29.5. The molecule has 0 radical (unpaired) electrons. The van der Waals surface area contributed by atoms with Gasteiger partial charge in [0.2, 0.25) is 11.8 Å². The lowest BCUT2D eigenvalue weighted by atomic mass is 9.98. The van der Waals surface area contributed by atoms with Gasteiger partial charge in [-0.3, -0.25) is 9.59 Å². The fourth-order valence-electron chi connectivity index (χ4n) is 3.46. The third-order valence-electron chi connectivity index (χ3n) is 6.19. The molecular weight excluding hydrogens is 430 g/mol. The van der Waals surface area contributed by atoms with E-state index in [0.717, 1.165) is 57.1 Å². The van der Waals surface area contributed by atoms with Crippen molar-refractivity contribution in [2.45, 2.75) is 91.7 Å². The number of unbranched alkanes of at least 4 members (excludes halogenated alkanes) is 4. The fraction of sp³-hybridized carbons (Fsp3) is 0.667. The summed E-state index contributed by atoms with van der Waals surface area (Å²) in [6, 6.07) is 8.83. The predicted octanol–water partition coefficient (Wildman–Crippen LogP) is 4.95. The van der Waals surface area contributed by atoms with Crippen molar-refractivity contribution in [1.29, 1.82) is 0 Å². The van der Waals surface area contributed by atoms with Crippen LogP contribution in [0.15, 0.2) is 30.3 Å². The number of carbonyl (C=O) groups is 3. The summed E-state index contributed by atoms with van der Waals surface area (Å²) in [5.41, 5.74) is 0.899. The van der Waals surface area contributed by atoms with Crippen LogP contribution in [0.2, 0.25) is 0 Å². The summed E-state index contributed by atoms with van der Waals surface area (Å²) in [6.45, 7) is 9.62. The molecule has 0 heterocycles. The summed E-state index contributed by atoms with van der Waals surface area (Å²) in [6.07, 6.45) is 6.82. The van der Waals surface area contributed by atoms with E-state index in [0.29, 0.717) is 18.9 Å². The molecule has 0 fully saturated rings. The summed E-state index contributed by atoms with van der Waals surface area (Å²) in [4.78, 5) is 36.6. The van der Waals surface area contributed by atoms with Crippen molar-refractivity contribution in [2.75, 3.05) is 13.1 Å². The minimum absolute atomic E-state index is 0.000186. The Hall–Kier alpha value is -2.57. The molecule has 0 aliphatic heterocycles. The highest BCUT2D eigenvalue weighted by molar-refractivity contribution is 5.85. The van der Waals surface area contributed by atoms with Crippen LogP contribution in [0.25, 0.3) is 0 Å². The quantitative estimate of drug-likeness (QED) is 0.278. The Kier molecular flexibility index (Phi) is 15.5. The second-order valence-electron chi connectivity index (χ2n) is 9.20. The maximum atomic E-state index is 12.7. The summed E-state index contributed by atoms with van der Waals surface area (Å²) in [5, 5.41) is 8.67. The van der Waals surface area contributed by atoms with Crippen molar-refractivity contribution in [1.82, 2.24) is 16.0 Å². The number of nitrogens with one attached hydrogen (secondary N) is 3. The largest absolute Gasteiger partial charge is 0.445 e. The summed E-state index contributed by atoms with van der Waals surface area (Å²) in [7, 11) is 0. The number of ether oxygens (including phenoxy) is 1. The number of benzene rings is 1. The van der Waals surface area contributed by atoms with E-state index < -0.39 is 12.1 Å². The number of hydrogen-bond acceptors (Lipinski definition) is 4. The molecule has 3 amide bonds. The van der Waals surface area contributed by atoms with E-state index in [2.05, 4.69) is 29.8 Å². The fourth-order valence-corrected chi connectivity index (χ4v) is 3.46. The van der Waals surface area contributed by atoms with E-state index in [9.17, 15) is 14.4 Å². The van der Waals surface area contributed by atoms with Crippen molar-refractivity contribution >= 4 is 17.9 Å². The molecule has 7 nitrogen and oxygen atoms in total. The van der Waals surface area contributed by atoms with Gasteiger partial charge >= 0.3 is 6.09 Å². The van der Waals surface area contributed by atoms with Gasteiger partial charge in [-0.2, -0.15) is 0 Å². The Balaban J connectivity index is 2.20. The smallest absolute Gasteiger partial charge is 0.408 e. The Morgan fingerprint density at radius 1 is 0.853 bits per heavy atom. The van der Waals surface area contributed by atoms with Gasteiger partial charge < -0.3 is 20.7 Å². The molecule has 3 atom stereocenters. The molecule has 0 bridgehead atoms. The van der Waals surface area contributed by atoms with E-state index in [1.54, 1.807) is 0 Å². The van der Waals surface area contributed by atoms with Gasteiger partial charge in [0.05, 0.1) is 0 Å². The molecule has 3 unspecified atom stereocenters. The van der Waals surface area contributed by atoms with E-state index in [1.165, 1.54) is 0 Å². The number of alkyl carbamates (subject to hydrolysis) is 1. The highest BCUT2D eigenvalue weighted by Gasteiger charge is 2.26. The first-order valence-corrected chi connectivity index (χ1v) is 12.9. The summed E-state index contributed by atoms with van der Waals surface area (Å²) >= 11 is 0. The summed E-state index contributed by atoms with van der Waals surface area (Å²) < 4.78 is 5.28. The van der Waals surface area contributed by atoms with Crippen molar-refractivity contribution in [3.8, 4) is 0 Å². The van der Waals surface area contributed by atoms with Crippen LogP contribution in [0.3, 0.4) is 0 Å². The molecule has 0 aromatic heterocycles. The predicted molar refractivity (Wildman–Crippen MR) is 136 cm³/mol. The molecule has 0 saturated heterocycles. The second kappa shape index (κ2) is 17.8. The molecule has 34 heavy (non-hydrogen) atoms. The molecule has 1 aromatic carbocycles. The van der Waals surface area contributed by atoms with Crippen molar-refractivity contribution in [3.63, 3.8) is 0 Å².